The molecule has 2 rings (SSSR count). The molecule has 5 heteroatoms. The van der Waals surface area contributed by atoms with Crippen LogP contribution >= 0.6 is 0 Å². The van der Waals surface area contributed by atoms with E-state index in [0.717, 1.165) is 18.6 Å². The van der Waals surface area contributed by atoms with Crippen molar-refractivity contribution in [1.29, 1.82) is 5.26 Å². The minimum absolute atomic E-state index is 0.0208. The largest absolute Gasteiger partial charge is 0.482 e. The van der Waals surface area contributed by atoms with Crippen molar-refractivity contribution in [3.8, 4) is 11.8 Å². The molecule has 0 aliphatic rings. The highest BCUT2D eigenvalue weighted by atomic mass is 16.5. The fraction of sp³-hybridized carbons (Fsp3) is 0.294. The van der Waals surface area contributed by atoms with Gasteiger partial charge in [0.1, 0.15) is 17.6 Å². The van der Waals surface area contributed by atoms with Crippen molar-refractivity contribution in [3.05, 3.63) is 54.0 Å². The van der Waals surface area contributed by atoms with Crippen LogP contribution in [0.1, 0.15) is 24.7 Å². The third-order valence-corrected chi connectivity index (χ3v) is 3.18. The Kier molecular flexibility index (Phi) is 5.61. The molecule has 0 radical (unpaired) electrons. The Morgan fingerprint density at radius 3 is 2.91 bits per heavy atom. The van der Waals surface area contributed by atoms with E-state index >= 15 is 0 Å². The summed E-state index contributed by atoms with van der Waals surface area (Å²) in [5.41, 5.74) is 0.418. The van der Waals surface area contributed by atoms with Gasteiger partial charge in [-0.05, 0) is 37.6 Å². The van der Waals surface area contributed by atoms with Crippen LogP contribution in [0.4, 0.5) is 0 Å². The molecule has 114 valence electrons. The summed E-state index contributed by atoms with van der Waals surface area (Å²) in [7, 11) is 0. The van der Waals surface area contributed by atoms with Crippen molar-refractivity contribution >= 4 is 5.91 Å². The Morgan fingerprint density at radius 1 is 1.36 bits per heavy atom. The monoisotopic (exact) mass is 298 g/mol. The molecular weight excluding hydrogens is 280 g/mol. The Bertz CT molecular complexity index is 644. The SMILES string of the molecule is CC(CCc1ccco1)NC(=O)COc1ccccc1C#N. The van der Waals surface area contributed by atoms with Gasteiger partial charge in [0.25, 0.3) is 5.91 Å². The van der Waals surface area contributed by atoms with Gasteiger partial charge in [-0.1, -0.05) is 12.1 Å². The number of nitrogens with one attached hydrogen (secondary N) is 1. The minimum atomic E-state index is -0.209. The molecule has 0 saturated heterocycles. The van der Waals surface area contributed by atoms with Gasteiger partial charge >= 0.3 is 0 Å². The molecular formula is C17H18N2O3. The van der Waals surface area contributed by atoms with Crippen molar-refractivity contribution in [2.75, 3.05) is 6.61 Å². The summed E-state index contributed by atoms with van der Waals surface area (Å²) >= 11 is 0. The number of nitriles is 1. The maximum Gasteiger partial charge on any atom is 0.258 e. The van der Waals surface area contributed by atoms with Crippen LogP contribution < -0.4 is 10.1 Å². The maximum absolute atomic E-state index is 11.8. The lowest BCUT2D eigenvalue weighted by atomic mass is 10.1. The van der Waals surface area contributed by atoms with Crippen molar-refractivity contribution < 1.29 is 13.9 Å². The summed E-state index contributed by atoms with van der Waals surface area (Å²) in [5, 5.41) is 11.8. The van der Waals surface area contributed by atoms with Crippen LogP contribution in [0.5, 0.6) is 5.75 Å². The van der Waals surface area contributed by atoms with Crippen molar-refractivity contribution in [1.82, 2.24) is 5.32 Å². The Balaban J connectivity index is 1.74. The minimum Gasteiger partial charge on any atom is -0.482 e. The van der Waals surface area contributed by atoms with E-state index in [2.05, 4.69) is 5.32 Å². The number of furan rings is 1. The number of aryl methyl sites for hydroxylation is 1. The molecule has 1 aromatic carbocycles. The molecule has 1 N–H and O–H groups in total. The molecule has 2 aromatic rings. The summed E-state index contributed by atoms with van der Waals surface area (Å²) in [6.45, 7) is 1.83. The van der Waals surface area contributed by atoms with E-state index in [9.17, 15) is 4.79 Å². The van der Waals surface area contributed by atoms with Crippen LogP contribution in [0.15, 0.2) is 47.1 Å². The van der Waals surface area contributed by atoms with Gasteiger partial charge < -0.3 is 14.5 Å². The van der Waals surface area contributed by atoms with Crippen LogP contribution in [0, 0.1) is 11.3 Å². The van der Waals surface area contributed by atoms with Crippen LogP contribution in [0.2, 0.25) is 0 Å². The highest BCUT2D eigenvalue weighted by Crippen LogP contribution is 2.16. The summed E-state index contributed by atoms with van der Waals surface area (Å²) in [5.74, 6) is 1.11. The van der Waals surface area contributed by atoms with Crippen LogP contribution in [0.3, 0.4) is 0 Å². The normalized spacial score (nSPS) is 11.5. The van der Waals surface area contributed by atoms with Crippen molar-refractivity contribution in [2.24, 2.45) is 0 Å². The van der Waals surface area contributed by atoms with Crippen molar-refractivity contribution in [2.45, 2.75) is 25.8 Å². The molecule has 5 nitrogen and oxygen atoms in total. The highest BCUT2D eigenvalue weighted by Gasteiger charge is 2.10. The number of nitrogens with zero attached hydrogens (tertiary/aromatic N) is 1. The Hall–Kier alpha value is -2.74. The summed E-state index contributed by atoms with van der Waals surface area (Å²) in [6, 6.07) is 12.7. The molecule has 0 bridgehead atoms. The standard InChI is InChI=1S/C17H18N2O3/c1-13(8-9-15-6-4-10-21-15)19-17(20)12-22-16-7-3-2-5-14(16)11-18/h2-7,10,13H,8-9,12H2,1H3,(H,19,20). The molecule has 0 fully saturated rings. The second-order valence-corrected chi connectivity index (χ2v) is 4.98. The number of carbonyl (C=O) groups is 1. The average Bonchev–Trinajstić information content (AvgIpc) is 3.04. The van der Waals surface area contributed by atoms with E-state index in [1.165, 1.54) is 0 Å². The lowest BCUT2D eigenvalue weighted by molar-refractivity contribution is -0.123. The van der Waals surface area contributed by atoms with Gasteiger partial charge in [-0.15, -0.1) is 0 Å². The van der Waals surface area contributed by atoms with Gasteiger partial charge in [0.15, 0.2) is 6.61 Å². The number of rotatable bonds is 7. The molecule has 1 aromatic heterocycles. The first kappa shape index (κ1) is 15.6. The first-order valence-electron chi connectivity index (χ1n) is 7.12. The molecule has 1 atom stereocenters. The number of benzene rings is 1. The molecule has 0 saturated carbocycles. The second kappa shape index (κ2) is 7.89. The van der Waals surface area contributed by atoms with Gasteiger partial charge in [-0.2, -0.15) is 5.26 Å². The second-order valence-electron chi connectivity index (χ2n) is 4.98. The molecule has 1 heterocycles. The van der Waals surface area contributed by atoms with E-state index in [1.807, 2.05) is 25.1 Å². The molecule has 1 amide bonds. The van der Waals surface area contributed by atoms with Gasteiger partial charge in [0.2, 0.25) is 0 Å². The summed E-state index contributed by atoms with van der Waals surface area (Å²) in [6.07, 6.45) is 3.19. The van der Waals surface area contributed by atoms with E-state index < -0.39 is 0 Å². The van der Waals surface area contributed by atoms with Crippen LogP contribution in [-0.4, -0.2) is 18.6 Å². The maximum atomic E-state index is 11.8. The molecule has 0 aliphatic carbocycles. The van der Waals surface area contributed by atoms with Crippen LogP contribution in [-0.2, 0) is 11.2 Å². The zero-order valence-corrected chi connectivity index (χ0v) is 12.4. The molecule has 0 aliphatic heterocycles. The fourth-order valence-electron chi connectivity index (χ4n) is 2.03. The zero-order valence-electron chi connectivity index (χ0n) is 12.4. The lowest BCUT2D eigenvalue weighted by Gasteiger charge is -2.14. The average molecular weight is 298 g/mol. The predicted molar refractivity (Wildman–Crippen MR) is 81.3 cm³/mol. The first-order chi connectivity index (χ1) is 10.7. The van der Waals surface area contributed by atoms with Gasteiger partial charge in [-0.25, -0.2) is 0 Å². The molecule has 22 heavy (non-hydrogen) atoms. The number of carbonyl (C=O) groups excluding carboxylic acids is 1. The zero-order chi connectivity index (χ0) is 15.8. The van der Waals surface area contributed by atoms with E-state index in [4.69, 9.17) is 14.4 Å². The number of hydrogen-bond acceptors (Lipinski definition) is 4. The van der Waals surface area contributed by atoms with Gasteiger partial charge in [0.05, 0.1) is 11.8 Å². The summed E-state index contributed by atoms with van der Waals surface area (Å²) < 4.78 is 10.6. The Labute approximate surface area is 129 Å². The number of ether oxygens (including phenoxy) is 1. The van der Waals surface area contributed by atoms with Crippen molar-refractivity contribution in [3.63, 3.8) is 0 Å². The summed E-state index contributed by atoms with van der Waals surface area (Å²) in [4.78, 5) is 11.8. The number of amides is 1. The van der Waals surface area contributed by atoms with Gasteiger partial charge in [-0.3, -0.25) is 4.79 Å². The highest BCUT2D eigenvalue weighted by molar-refractivity contribution is 5.77. The van der Waals surface area contributed by atoms with E-state index in [-0.39, 0.29) is 18.6 Å². The quantitative estimate of drug-likeness (QED) is 0.852. The topological polar surface area (TPSA) is 75.3 Å². The first-order valence-corrected chi connectivity index (χ1v) is 7.12. The third-order valence-electron chi connectivity index (χ3n) is 3.18. The third kappa shape index (κ3) is 4.67. The molecule has 0 spiro atoms. The fourth-order valence-corrected chi connectivity index (χ4v) is 2.03. The smallest absolute Gasteiger partial charge is 0.258 e. The molecule has 1 unspecified atom stereocenters. The predicted octanol–water partition coefficient (Wildman–Crippen LogP) is 2.67. The van der Waals surface area contributed by atoms with E-state index in [1.54, 1.807) is 30.5 Å². The number of hydrogen-bond donors (Lipinski definition) is 1. The van der Waals surface area contributed by atoms with E-state index in [0.29, 0.717) is 11.3 Å². The number of para-hydroxylation sites is 1. The lowest BCUT2D eigenvalue weighted by Crippen LogP contribution is -2.36. The Morgan fingerprint density at radius 2 is 2.18 bits per heavy atom. The van der Waals surface area contributed by atoms with Gasteiger partial charge in [0, 0.05) is 12.5 Å². The van der Waals surface area contributed by atoms with Crippen LogP contribution in [0.25, 0.3) is 0 Å².